The molecule has 0 aliphatic carbocycles. The molecule has 3 heteroatoms. The Morgan fingerprint density at radius 3 is 2.37 bits per heavy atom. The zero-order valence-corrected chi connectivity index (χ0v) is 20.3. The van der Waals surface area contributed by atoms with E-state index in [0.717, 1.165) is 63.1 Å². The molecule has 30 heavy (non-hydrogen) atoms. The summed E-state index contributed by atoms with van der Waals surface area (Å²) in [5.41, 5.74) is 1.29. The van der Waals surface area contributed by atoms with E-state index in [1.54, 1.807) is 0 Å². The predicted octanol–water partition coefficient (Wildman–Crippen LogP) is 8.71. The van der Waals surface area contributed by atoms with Gasteiger partial charge in [0.2, 0.25) is 0 Å². The van der Waals surface area contributed by atoms with Crippen molar-refractivity contribution in [3.63, 3.8) is 0 Å². The maximum absolute atomic E-state index is 6.30. The zero-order valence-electron chi connectivity index (χ0n) is 19.5. The average molecular weight is 433 g/mol. The Balaban J connectivity index is 2.02. The molecule has 0 amide bonds. The lowest BCUT2D eigenvalue weighted by Crippen LogP contribution is -2.15. The normalized spacial score (nSPS) is 13.4. The van der Waals surface area contributed by atoms with E-state index >= 15 is 0 Å². The molecule has 0 aliphatic heterocycles. The minimum Gasteiger partial charge on any atom is -0.493 e. The first kappa shape index (κ1) is 24.9. The average Bonchev–Trinajstić information content (AvgIpc) is 2.77. The van der Waals surface area contributed by atoms with E-state index in [1.165, 1.54) is 35.6 Å². The summed E-state index contributed by atoms with van der Waals surface area (Å²) in [5.74, 6) is 2.00. The van der Waals surface area contributed by atoms with Gasteiger partial charge in [0.1, 0.15) is 11.5 Å². The topological polar surface area (TPSA) is 18.5 Å². The number of fused-ring (bicyclic) bond motifs is 1. The van der Waals surface area contributed by atoms with Crippen molar-refractivity contribution in [1.29, 1.82) is 0 Å². The lowest BCUT2D eigenvalue weighted by molar-refractivity contribution is 0.183. The Morgan fingerprint density at radius 1 is 0.867 bits per heavy atom. The molecule has 168 valence electrons. The van der Waals surface area contributed by atoms with Gasteiger partial charge in [0.15, 0.2) is 0 Å². The van der Waals surface area contributed by atoms with Crippen molar-refractivity contribution in [3.05, 3.63) is 35.9 Å². The summed E-state index contributed by atoms with van der Waals surface area (Å²) in [6.07, 6.45) is 11.5. The Kier molecular flexibility index (Phi) is 11.4. The second-order valence-corrected chi connectivity index (χ2v) is 8.89. The quantitative estimate of drug-likeness (QED) is 0.207. The lowest BCUT2D eigenvalue weighted by Gasteiger charge is -2.19. The summed E-state index contributed by atoms with van der Waals surface area (Å²) >= 11 is 6.21. The smallest absolute Gasteiger partial charge is 0.123 e. The largest absolute Gasteiger partial charge is 0.493 e. The van der Waals surface area contributed by atoms with Gasteiger partial charge in [-0.25, -0.2) is 0 Å². The predicted molar refractivity (Wildman–Crippen MR) is 131 cm³/mol. The highest BCUT2D eigenvalue weighted by Crippen LogP contribution is 2.32. The van der Waals surface area contributed by atoms with Gasteiger partial charge >= 0.3 is 0 Å². The molecule has 0 fully saturated rings. The van der Waals surface area contributed by atoms with Crippen LogP contribution in [0.3, 0.4) is 0 Å². The van der Waals surface area contributed by atoms with Gasteiger partial charge < -0.3 is 9.47 Å². The molecular formula is C27H41ClO2. The number of alkyl halides is 1. The summed E-state index contributed by atoms with van der Waals surface area (Å²) in [5, 5.41) is 2.80. The van der Waals surface area contributed by atoms with E-state index in [2.05, 4.69) is 58.0 Å². The molecular weight excluding hydrogens is 392 g/mol. The fraction of sp³-hybridized carbons (Fsp3) is 0.630. The Morgan fingerprint density at radius 2 is 1.67 bits per heavy atom. The fourth-order valence-electron chi connectivity index (χ4n) is 3.94. The summed E-state index contributed by atoms with van der Waals surface area (Å²) in [4.78, 5) is 0. The van der Waals surface area contributed by atoms with E-state index in [9.17, 15) is 0 Å². The van der Waals surface area contributed by atoms with Gasteiger partial charge in [0, 0.05) is 10.9 Å². The van der Waals surface area contributed by atoms with Gasteiger partial charge in [-0.05, 0) is 80.3 Å². The summed E-state index contributed by atoms with van der Waals surface area (Å²) in [7, 11) is 0. The molecule has 2 aromatic rings. The van der Waals surface area contributed by atoms with Gasteiger partial charge in [-0.2, -0.15) is 0 Å². The van der Waals surface area contributed by atoms with E-state index in [-0.39, 0.29) is 0 Å². The molecule has 2 rings (SSSR count). The molecule has 2 unspecified atom stereocenters. The summed E-state index contributed by atoms with van der Waals surface area (Å²) < 4.78 is 12.4. The van der Waals surface area contributed by atoms with Crippen molar-refractivity contribution in [2.75, 3.05) is 6.61 Å². The van der Waals surface area contributed by atoms with Crippen LogP contribution in [0, 0.1) is 0 Å². The molecule has 0 saturated heterocycles. The molecule has 2 atom stereocenters. The molecule has 0 N–H and O–H groups in total. The van der Waals surface area contributed by atoms with Crippen LogP contribution in [0.15, 0.2) is 30.3 Å². The molecule has 0 aliphatic rings. The molecule has 2 nitrogen and oxygen atoms in total. The van der Waals surface area contributed by atoms with Crippen molar-refractivity contribution in [1.82, 2.24) is 0 Å². The van der Waals surface area contributed by atoms with Crippen molar-refractivity contribution < 1.29 is 9.47 Å². The van der Waals surface area contributed by atoms with Crippen LogP contribution in [0.25, 0.3) is 10.8 Å². The first-order valence-electron chi connectivity index (χ1n) is 12.1. The molecule has 0 aromatic heterocycles. The summed E-state index contributed by atoms with van der Waals surface area (Å²) in [6, 6.07) is 10.8. The molecule has 2 aromatic carbocycles. The molecule has 0 heterocycles. The minimum absolute atomic E-state index is 0.298. The third-order valence-corrected chi connectivity index (χ3v) is 6.44. The van der Waals surface area contributed by atoms with E-state index < -0.39 is 0 Å². The minimum atomic E-state index is 0.298. The number of ether oxygens (including phenoxy) is 2. The van der Waals surface area contributed by atoms with Crippen LogP contribution in [0.5, 0.6) is 11.5 Å². The van der Waals surface area contributed by atoms with Crippen molar-refractivity contribution in [2.24, 2.45) is 0 Å². The SMILES string of the molecule is CCCCCC(CC)Oc1ccc2c(CC)c(OCCCCC(Cl)CC)ccc2c1. The Bertz CT molecular complexity index is 743. The number of hydrogen-bond donors (Lipinski definition) is 0. The van der Waals surface area contributed by atoms with Crippen molar-refractivity contribution in [3.8, 4) is 11.5 Å². The first-order chi connectivity index (χ1) is 14.6. The van der Waals surface area contributed by atoms with Gasteiger partial charge in [-0.1, -0.05) is 52.7 Å². The van der Waals surface area contributed by atoms with Crippen LogP contribution < -0.4 is 9.47 Å². The third kappa shape index (κ3) is 7.69. The van der Waals surface area contributed by atoms with Gasteiger partial charge in [-0.15, -0.1) is 11.6 Å². The molecule has 0 spiro atoms. The second-order valence-electron chi connectivity index (χ2n) is 8.27. The highest BCUT2D eigenvalue weighted by atomic mass is 35.5. The van der Waals surface area contributed by atoms with Crippen LogP contribution >= 0.6 is 11.6 Å². The Labute approximate surface area is 189 Å². The standard InChI is InChI=1S/C27H41ClO2/c1-5-9-10-14-23(7-3)30-24-16-17-26-21(20-24)15-18-27(25(26)8-4)29-19-12-11-13-22(28)6-2/h15-18,20,22-23H,5-14,19H2,1-4H3. The molecule has 0 saturated carbocycles. The molecule has 0 bridgehead atoms. The number of rotatable bonds is 15. The highest BCUT2D eigenvalue weighted by molar-refractivity contribution is 6.20. The van der Waals surface area contributed by atoms with Crippen molar-refractivity contribution in [2.45, 2.75) is 103 Å². The van der Waals surface area contributed by atoms with Crippen LogP contribution in [-0.4, -0.2) is 18.1 Å². The number of aryl methyl sites for hydroxylation is 1. The van der Waals surface area contributed by atoms with Gasteiger partial charge in [0.25, 0.3) is 0 Å². The monoisotopic (exact) mass is 432 g/mol. The number of unbranched alkanes of at least 4 members (excludes halogenated alkanes) is 3. The van der Waals surface area contributed by atoms with Crippen LogP contribution in [0.2, 0.25) is 0 Å². The number of halogens is 1. The fourth-order valence-corrected chi connectivity index (χ4v) is 4.09. The maximum atomic E-state index is 6.30. The van der Waals surface area contributed by atoms with Crippen molar-refractivity contribution >= 4 is 22.4 Å². The maximum Gasteiger partial charge on any atom is 0.123 e. The number of benzene rings is 2. The summed E-state index contributed by atoms with van der Waals surface area (Å²) in [6.45, 7) is 9.55. The lowest BCUT2D eigenvalue weighted by atomic mass is 10.0. The van der Waals surface area contributed by atoms with Gasteiger partial charge in [-0.3, -0.25) is 0 Å². The first-order valence-corrected chi connectivity index (χ1v) is 12.6. The van der Waals surface area contributed by atoms with Gasteiger partial charge in [0.05, 0.1) is 12.7 Å². The second kappa shape index (κ2) is 13.8. The van der Waals surface area contributed by atoms with E-state index in [1.807, 2.05) is 0 Å². The highest BCUT2D eigenvalue weighted by Gasteiger charge is 2.11. The third-order valence-electron chi connectivity index (χ3n) is 5.91. The van der Waals surface area contributed by atoms with E-state index in [0.29, 0.717) is 11.5 Å². The van der Waals surface area contributed by atoms with Crippen LogP contribution in [-0.2, 0) is 6.42 Å². The van der Waals surface area contributed by atoms with E-state index in [4.69, 9.17) is 21.1 Å². The van der Waals surface area contributed by atoms with Crippen LogP contribution in [0.4, 0.5) is 0 Å². The van der Waals surface area contributed by atoms with Crippen LogP contribution in [0.1, 0.15) is 91.0 Å². The zero-order chi connectivity index (χ0) is 21.8. The number of hydrogen-bond acceptors (Lipinski definition) is 2. The Hall–Kier alpha value is -1.41. The molecule has 0 radical (unpaired) electrons.